The second kappa shape index (κ2) is 11.3. The van der Waals surface area contributed by atoms with E-state index in [1.54, 1.807) is 42.5 Å². The van der Waals surface area contributed by atoms with Crippen LogP contribution >= 0.6 is 23.1 Å². The molecule has 0 radical (unpaired) electrons. The number of carbonyl (C=O) groups is 1. The molecular weight excluding hydrogens is 504 g/mol. The van der Waals surface area contributed by atoms with Crippen LogP contribution in [0.2, 0.25) is 0 Å². The lowest BCUT2D eigenvalue weighted by Crippen LogP contribution is -2.38. The zero-order valence-corrected chi connectivity index (χ0v) is 21.1. The Morgan fingerprint density at radius 1 is 0.943 bits per heavy atom. The van der Waals surface area contributed by atoms with Crippen LogP contribution in [0.3, 0.4) is 0 Å². The number of anilines is 2. The largest absolute Gasteiger partial charge is 0.457 e. The second-order valence-corrected chi connectivity index (χ2v) is 11.4. The number of nitrogens with one attached hydrogen (secondary N) is 1. The summed E-state index contributed by atoms with van der Waals surface area (Å²) >= 11 is 2.75. The number of benzene rings is 3. The molecule has 0 bridgehead atoms. The van der Waals surface area contributed by atoms with Crippen LogP contribution in [0.1, 0.15) is 6.92 Å². The number of amides is 1. The first-order valence-electron chi connectivity index (χ1n) is 10.6. The van der Waals surface area contributed by atoms with Crippen molar-refractivity contribution >= 4 is 49.8 Å². The van der Waals surface area contributed by atoms with Crippen LogP contribution in [0.15, 0.2) is 94.2 Å². The Morgan fingerprint density at radius 2 is 1.57 bits per heavy atom. The van der Waals surface area contributed by atoms with Gasteiger partial charge in [-0.05, 0) is 54.3 Å². The first kappa shape index (κ1) is 24.7. The molecule has 0 saturated carbocycles. The van der Waals surface area contributed by atoms with Crippen molar-refractivity contribution < 1.29 is 17.9 Å². The van der Waals surface area contributed by atoms with Gasteiger partial charge >= 0.3 is 0 Å². The molecule has 1 N–H and O–H groups in total. The minimum Gasteiger partial charge on any atom is -0.457 e. The van der Waals surface area contributed by atoms with Gasteiger partial charge in [0.1, 0.15) is 18.0 Å². The normalized spacial score (nSPS) is 11.1. The molecule has 0 atom stereocenters. The third-order valence-corrected chi connectivity index (χ3v) is 8.28. The molecule has 180 valence electrons. The molecule has 11 heteroatoms. The van der Waals surface area contributed by atoms with Gasteiger partial charge in [0.2, 0.25) is 11.0 Å². The van der Waals surface area contributed by atoms with Gasteiger partial charge in [0.25, 0.3) is 10.0 Å². The van der Waals surface area contributed by atoms with Gasteiger partial charge < -0.3 is 4.74 Å². The van der Waals surface area contributed by atoms with Crippen LogP contribution < -0.4 is 14.4 Å². The summed E-state index contributed by atoms with van der Waals surface area (Å²) in [7, 11) is -4.02. The van der Waals surface area contributed by atoms with Crippen molar-refractivity contribution in [1.29, 1.82) is 0 Å². The molecular formula is C24H22N4O4S3. The standard InChI is InChI=1S/C24H22N4O4S3/c1-2-33-24-27-26-23(34-24)25-22(29)17-28(35(30,31)21-11-7-4-8-12-21)18-13-15-20(16-14-18)32-19-9-5-3-6-10-19/h3-16H,2,17H2,1H3,(H,25,26,29). The molecule has 0 unspecified atom stereocenters. The Bertz CT molecular complexity index is 1360. The van der Waals surface area contributed by atoms with Crippen molar-refractivity contribution in [3.05, 3.63) is 84.9 Å². The first-order valence-corrected chi connectivity index (χ1v) is 13.9. The number of carbonyl (C=O) groups excluding carboxylic acids is 1. The van der Waals surface area contributed by atoms with Crippen molar-refractivity contribution in [2.45, 2.75) is 16.2 Å². The topological polar surface area (TPSA) is 101 Å². The number of hydrogen-bond donors (Lipinski definition) is 1. The third kappa shape index (κ3) is 6.38. The SMILES string of the molecule is CCSc1nnc(NC(=O)CN(c2ccc(Oc3ccccc3)cc2)S(=O)(=O)c2ccccc2)s1. The van der Waals surface area contributed by atoms with Crippen LogP contribution in [-0.2, 0) is 14.8 Å². The van der Waals surface area contributed by atoms with Gasteiger partial charge in [-0.25, -0.2) is 8.42 Å². The molecule has 0 aliphatic heterocycles. The van der Waals surface area contributed by atoms with Crippen molar-refractivity contribution in [2.24, 2.45) is 0 Å². The summed E-state index contributed by atoms with van der Waals surface area (Å²) in [5.41, 5.74) is 0.323. The van der Waals surface area contributed by atoms with Gasteiger partial charge in [0.15, 0.2) is 4.34 Å². The van der Waals surface area contributed by atoms with Crippen LogP contribution in [0.25, 0.3) is 0 Å². The number of para-hydroxylation sites is 1. The van der Waals surface area contributed by atoms with E-state index in [2.05, 4.69) is 15.5 Å². The molecule has 1 heterocycles. The predicted molar refractivity (Wildman–Crippen MR) is 139 cm³/mol. The Labute approximate surface area is 212 Å². The van der Waals surface area contributed by atoms with Crippen LogP contribution in [0.5, 0.6) is 11.5 Å². The number of hydrogen-bond acceptors (Lipinski definition) is 8. The molecule has 1 aromatic heterocycles. The van der Waals surface area contributed by atoms with Gasteiger partial charge in [-0.3, -0.25) is 14.4 Å². The van der Waals surface area contributed by atoms with Gasteiger partial charge in [-0.2, -0.15) is 0 Å². The average Bonchev–Trinajstić information content (AvgIpc) is 3.31. The summed E-state index contributed by atoms with van der Waals surface area (Å²) in [5.74, 6) is 1.50. The zero-order valence-electron chi connectivity index (χ0n) is 18.7. The van der Waals surface area contributed by atoms with Gasteiger partial charge in [0.05, 0.1) is 10.6 Å². The Hall–Kier alpha value is -3.41. The van der Waals surface area contributed by atoms with Gasteiger partial charge in [-0.15, -0.1) is 10.2 Å². The summed E-state index contributed by atoms with van der Waals surface area (Å²) < 4.78 is 34.5. The number of ether oxygens (including phenoxy) is 1. The van der Waals surface area contributed by atoms with Gasteiger partial charge in [-0.1, -0.05) is 66.4 Å². The molecule has 0 aliphatic carbocycles. The Kier molecular flexibility index (Phi) is 8.01. The summed E-state index contributed by atoms with van der Waals surface area (Å²) in [5, 5.41) is 10.9. The average molecular weight is 527 g/mol. The fourth-order valence-electron chi connectivity index (χ4n) is 3.07. The third-order valence-electron chi connectivity index (χ3n) is 4.64. The second-order valence-electron chi connectivity index (χ2n) is 7.09. The minimum atomic E-state index is -4.02. The fourth-order valence-corrected chi connectivity index (χ4v) is 6.18. The quantitative estimate of drug-likeness (QED) is 0.222. The van der Waals surface area contributed by atoms with E-state index < -0.39 is 22.5 Å². The number of aromatic nitrogens is 2. The molecule has 0 aliphatic rings. The molecule has 4 aromatic rings. The lowest BCUT2D eigenvalue weighted by atomic mass is 10.3. The molecule has 0 fully saturated rings. The number of nitrogens with zero attached hydrogens (tertiary/aromatic N) is 3. The molecule has 3 aromatic carbocycles. The monoisotopic (exact) mass is 526 g/mol. The van der Waals surface area contributed by atoms with E-state index in [1.807, 2.05) is 37.3 Å². The van der Waals surface area contributed by atoms with E-state index in [9.17, 15) is 13.2 Å². The highest BCUT2D eigenvalue weighted by Crippen LogP contribution is 2.29. The first-order chi connectivity index (χ1) is 17.0. The zero-order chi connectivity index (χ0) is 24.7. The molecule has 0 saturated heterocycles. The maximum absolute atomic E-state index is 13.5. The highest BCUT2D eigenvalue weighted by Gasteiger charge is 2.27. The van der Waals surface area contributed by atoms with Crippen LogP contribution in [0, 0.1) is 0 Å². The minimum absolute atomic E-state index is 0.0787. The Balaban J connectivity index is 1.58. The van der Waals surface area contributed by atoms with Gasteiger partial charge in [0, 0.05) is 0 Å². The van der Waals surface area contributed by atoms with Crippen molar-refractivity contribution in [3.8, 4) is 11.5 Å². The molecule has 1 amide bonds. The van der Waals surface area contributed by atoms with E-state index in [1.165, 1.54) is 35.2 Å². The van der Waals surface area contributed by atoms with E-state index in [4.69, 9.17) is 4.74 Å². The van der Waals surface area contributed by atoms with Crippen molar-refractivity contribution in [3.63, 3.8) is 0 Å². The van der Waals surface area contributed by atoms with E-state index >= 15 is 0 Å². The summed E-state index contributed by atoms with van der Waals surface area (Å²) in [6.07, 6.45) is 0. The van der Waals surface area contributed by atoms with Crippen molar-refractivity contribution in [2.75, 3.05) is 21.9 Å². The molecule has 0 spiro atoms. The maximum Gasteiger partial charge on any atom is 0.264 e. The summed E-state index contributed by atoms with van der Waals surface area (Å²) in [6, 6.07) is 23.8. The van der Waals surface area contributed by atoms with Crippen molar-refractivity contribution in [1.82, 2.24) is 10.2 Å². The smallest absolute Gasteiger partial charge is 0.264 e. The predicted octanol–water partition coefficient (Wildman–Crippen LogP) is 5.28. The lowest BCUT2D eigenvalue weighted by molar-refractivity contribution is -0.114. The van der Waals surface area contributed by atoms with E-state index in [0.29, 0.717) is 22.3 Å². The van der Waals surface area contributed by atoms with E-state index in [0.717, 1.165) is 14.4 Å². The maximum atomic E-state index is 13.5. The summed E-state index contributed by atoms with van der Waals surface area (Å²) in [4.78, 5) is 12.9. The molecule has 8 nitrogen and oxygen atoms in total. The molecule has 35 heavy (non-hydrogen) atoms. The number of rotatable bonds is 10. The number of sulfonamides is 1. The molecule has 4 rings (SSSR count). The highest BCUT2D eigenvalue weighted by molar-refractivity contribution is 8.01. The number of thioether (sulfide) groups is 1. The van der Waals surface area contributed by atoms with Crippen LogP contribution in [-0.4, -0.2) is 36.8 Å². The van der Waals surface area contributed by atoms with E-state index in [-0.39, 0.29) is 4.90 Å². The fraction of sp³-hybridized carbons (Fsp3) is 0.125. The van der Waals surface area contributed by atoms with Crippen LogP contribution in [0.4, 0.5) is 10.8 Å². The highest BCUT2D eigenvalue weighted by atomic mass is 32.2. The Morgan fingerprint density at radius 3 is 2.23 bits per heavy atom. The summed E-state index contributed by atoms with van der Waals surface area (Å²) in [6.45, 7) is 1.55. The lowest BCUT2D eigenvalue weighted by Gasteiger charge is -2.24.